The molecule has 0 saturated heterocycles. The first kappa shape index (κ1) is 15.3. The van der Waals surface area contributed by atoms with E-state index in [9.17, 15) is 4.79 Å². The third kappa shape index (κ3) is 4.45. The van der Waals surface area contributed by atoms with E-state index in [1.165, 1.54) is 0 Å². The summed E-state index contributed by atoms with van der Waals surface area (Å²) in [6.45, 7) is 6.83. The van der Waals surface area contributed by atoms with Crippen LogP contribution in [0, 0.1) is 12.8 Å². The predicted octanol–water partition coefficient (Wildman–Crippen LogP) is 3.35. The molecule has 112 valence electrons. The van der Waals surface area contributed by atoms with Gasteiger partial charge < -0.3 is 9.73 Å². The largest absolute Gasteiger partial charge is 0.441 e. The lowest BCUT2D eigenvalue weighted by molar-refractivity contribution is -0.120. The van der Waals surface area contributed by atoms with Gasteiger partial charge in [-0.1, -0.05) is 32.0 Å². The fourth-order valence-electron chi connectivity index (χ4n) is 2.01. The first-order chi connectivity index (χ1) is 10.1. The molecule has 0 unspecified atom stereocenters. The SMILES string of the molecule is Cc1oc(-c2ccccc2)nc1CC(=O)NCCC(C)C. The van der Waals surface area contributed by atoms with Gasteiger partial charge in [0, 0.05) is 12.1 Å². The van der Waals surface area contributed by atoms with E-state index in [0.29, 0.717) is 29.8 Å². The molecule has 2 rings (SSSR count). The highest BCUT2D eigenvalue weighted by molar-refractivity contribution is 5.78. The Morgan fingerprint density at radius 2 is 2.00 bits per heavy atom. The summed E-state index contributed by atoms with van der Waals surface area (Å²) in [7, 11) is 0. The second-order valence-electron chi connectivity index (χ2n) is 5.60. The second kappa shape index (κ2) is 7.07. The van der Waals surface area contributed by atoms with Gasteiger partial charge in [-0.25, -0.2) is 4.98 Å². The van der Waals surface area contributed by atoms with Gasteiger partial charge in [0.05, 0.1) is 12.1 Å². The van der Waals surface area contributed by atoms with Crippen molar-refractivity contribution in [2.45, 2.75) is 33.6 Å². The predicted molar refractivity (Wildman–Crippen MR) is 82.8 cm³/mol. The Hall–Kier alpha value is -2.10. The van der Waals surface area contributed by atoms with Gasteiger partial charge in [-0.2, -0.15) is 0 Å². The normalized spacial score (nSPS) is 10.9. The molecule has 21 heavy (non-hydrogen) atoms. The molecule has 0 atom stereocenters. The molecular weight excluding hydrogens is 264 g/mol. The van der Waals surface area contributed by atoms with Crippen LogP contribution in [-0.4, -0.2) is 17.4 Å². The molecule has 0 aliphatic carbocycles. The number of oxazole rings is 1. The Morgan fingerprint density at radius 1 is 1.29 bits per heavy atom. The fraction of sp³-hybridized carbons (Fsp3) is 0.412. The molecule has 0 bridgehead atoms. The molecule has 0 aliphatic heterocycles. The molecule has 2 aromatic rings. The number of carbonyl (C=O) groups excluding carboxylic acids is 1. The molecule has 4 heteroatoms. The summed E-state index contributed by atoms with van der Waals surface area (Å²) in [5, 5.41) is 2.92. The van der Waals surface area contributed by atoms with Crippen molar-refractivity contribution in [1.82, 2.24) is 10.3 Å². The van der Waals surface area contributed by atoms with E-state index in [-0.39, 0.29) is 12.3 Å². The summed E-state index contributed by atoms with van der Waals surface area (Å²) in [4.78, 5) is 16.3. The van der Waals surface area contributed by atoms with E-state index < -0.39 is 0 Å². The smallest absolute Gasteiger partial charge is 0.226 e. The average Bonchev–Trinajstić information content (AvgIpc) is 2.81. The number of hydrogen-bond acceptors (Lipinski definition) is 3. The molecular formula is C17H22N2O2. The van der Waals surface area contributed by atoms with Gasteiger partial charge in [0.1, 0.15) is 5.76 Å². The number of amides is 1. The number of carbonyl (C=O) groups is 1. The minimum absolute atomic E-state index is 0.00772. The van der Waals surface area contributed by atoms with Crippen LogP contribution in [0.2, 0.25) is 0 Å². The highest BCUT2D eigenvalue weighted by atomic mass is 16.4. The van der Waals surface area contributed by atoms with E-state index in [1.54, 1.807) is 0 Å². The molecule has 1 N–H and O–H groups in total. The number of hydrogen-bond donors (Lipinski definition) is 1. The van der Waals surface area contributed by atoms with Gasteiger partial charge >= 0.3 is 0 Å². The van der Waals surface area contributed by atoms with Gasteiger partial charge in [-0.3, -0.25) is 4.79 Å². The van der Waals surface area contributed by atoms with Crippen LogP contribution in [0.1, 0.15) is 31.7 Å². The van der Waals surface area contributed by atoms with Gasteiger partial charge in [-0.05, 0) is 31.4 Å². The molecule has 0 radical (unpaired) electrons. The van der Waals surface area contributed by atoms with Crippen LogP contribution in [-0.2, 0) is 11.2 Å². The quantitative estimate of drug-likeness (QED) is 0.886. The van der Waals surface area contributed by atoms with Crippen LogP contribution < -0.4 is 5.32 Å². The van der Waals surface area contributed by atoms with Crippen LogP contribution in [0.25, 0.3) is 11.5 Å². The standard InChI is InChI=1S/C17H22N2O2/c1-12(2)9-10-18-16(20)11-15-13(3)21-17(19-15)14-7-5-4-6-8-14/h4-8,12H,9-11H2,1-3H3,(H,18,20). The second-order valence-corrected chi connectivity index (χ2v) is 5.60. The van der Waals surface area contributed by atoms with E-state index in [4.69, 9.17) is 4.42 Å². The van der Waals surface area contributed by atoms with Gasteiger partial charge in [0.2, 0.25) is 11.8 Å². The Balaban J connectivity index is 1.98. The first-order valence-electron chi connectivity index (χ1n) is 7.34. The molecule has 1 heterocycles. The van der Waals surface area contributed by atoms with Crippen LogP contribution in [0.15, 0.2) is 34.7 Å². The summed E-state index contributed by atoms with van der Waals surface area (Å²) >= 11 is 0. The van der Waals surface area contributed by atoms with E-state index in [2.05, 4.69) is 24.1 Å². The van der Waals surface area contributed by atoms with Crippen LogP contribution in [0.5, 0.6) is 0 Å². The van der Waals surface area contributed by atoms with Gasteiger partial charge in [-0.15, -0.1) is 0 Å². The number of nitrogens with one attached hydrogen (secondary N) is 1. The Labute approximate surface area is 125 Å². The highest BCUT2D eigenvalue weighted by Gasteiger charge is 2.14. The average molecular weight is 286 g/mol. The molecule has 1 aromatic carbocycles. The van der Waals surface area contributed by atoms with Crippen molar-refractivity contribution in [3.8, 4) is 11.5 Å². The molecule has 4 nitrogen and oxygen atoms in total. The Kier molecular flexibility index (Phi) is 5.14. The van der Waals surface area contributed by atoms with Crippen LogP contribution in [0.3, 0.4) is 0 Å². The van der Waals surface area contributed by atoms with Crippen molar-refractivity contribution in [3.63, 3.8) is 0 Å². The van der Waals surface area contributed by atoms with E-state index >= 15 is 0 Å². The Bertz CT molecular complexity index is 588. The third-order valence-corrected chi connectivity index (χ3v) is 3.29. The monoisotopic (exact) mass is 286 g/mol. The van der Waals surface area contributed by atoms with Crippen molar-refractivity contribution in [3.05, 3.63) is 41.8 Å². The van der Waals surface area contributed by atoms with Crippen LogP contribution >= 0.6 is 0 Å². The fourth-order valence-corrected chi connectivity index (χ4v) is 2.01. The topological polar surface area (TPSA) is 55.1 Å². The van der Waals surface area contributed by atoms with Crippen molar-refractivity contribution in [1.29, 1.82) is 0 Å². The Morgan fingerprint density at radius 3 is 2.67 bits per heavy atom. The third-order valence-electron chi connectivity index (χ3n) is 3.29. The number of rotatable bonds is 6. The molecule has 0 aliphatic rings. The summed E-state index contributed by atoms with van der Waals surface area (Å²) in [6, 6.07) is 9.71. The molecule has 0 saturated carbocycles. The zero-order valence-electron chi connectivity index (χ0n) is 12.8. The molecule has 1 amide bonds. The van der Waals surface area contributed by atoms with Crippen molar-refractivity contribution < 1.29 is 9.21 Å². The van der Waals surface area contributed by atoms with Gasteiger partial charge in [0.15, 0.2) is 0 Å². The summed E-state index contributed by atoms with van der Waals surface area (Å²) in [5.74, 6) is 1.85. The number of nitrogens with zero attached hydrogens (tertiary/aromatic N) is 1. The van der Waals surface area contributed by atoms with E-state index in [0.717, 1.165) is 12.0 Å². The van der Waals surface area contributed by atoms with Gasteiger partial charge in [0.25, 0.3) is 0 Å². The van der Waals surface area contributed by atoms with Crippen molar-refractivity contribution in [2.24, 2.45) is 5.92 Å². The summed E-state index contributed by atoms with van der Waals surface area (Å²) in [6.07, 6.45) is 1.25. The maximum atomic E-state index is 11.9. The lowest BCUT2D eigenvalue weighted by atomic mass is 10.1. The maximum Gasteiger partial charge on any atom is 0.226 e. The zero-order valence-corrected chi connectivity index (χ0v) is 12.8. The zero-order chi connectivity index (χ0) is 15.2. The minimum atomic E-state index is -0.00772. The van der Waals surface area contributed by atoms with Crippen LogP contribution in [0.4, 0.5) is 0 Å². The first-order valence-corrected chi connectivity index (χ1v) is 7.34. The molecule has 1 aromatic heterocycles. The lowest BCUT2D eigenvalue weighted by Gasteiger charge is -2.06. The molecule has 0 fully saturated rings. The minimum Gasteiger partial charge on any atom is -0.441 e. The maximum absolute atomic E-state index is 11.9. The number of aromatic nitrogens is 1. The van der Waals surface area contributed by atoms with Crippen molar-refractivity contribution >= 4 is 5.91 Å². The van der Waals surface area contributed by atoms with Crippen molar-refractivity contribution in [2.75, 3.05) is 6.54 Å². The number of benzene rings is 1. The van der Waals surface area contributed by atoms with E-state index in [1.807, 2.05) is 37.3 Å². The summed E-state index contributed by atoms with van der Waals surface area (Å²) in [5.41, 5.74) is 1.63. The number of aryl methyl sites for hydroxylation is 1. The molecule has 0 spiro atoms. The lowest BCUT2D eigenvalue weighted by Crippen LogP contribution is -2.27. The summed E-state index contributed by atoms with van der Waals surface area (Å²) < 4.78 is 5.65. The highest BCUT2D eigenvalue weighted by Crippen LogP contribution is 2.21.